The highest BCUT2D eigenvalue weighted by molar-refractivity contribution is 7.92. The molecule has 1 atom stereocenters. The monoisotopic (exact) mass is 579 g/mol. The van der Waals surface area contributed by atoms with Crippen LogP contribution in [0.3, 0.4) is 0 Å². The minimum Gasteiger partial charge on any atom is -0.497 e. The van der Waals surface area contributed by atoms with Gasteiger partial charge >= 0.3 is 0 Å². The molecule has 0 radical (unpaired) electrons. The Kier molecular flexibility index (Phi) is 10.6. The van der Waals surface area contributed by atoms with E-state index in [9.17, 15) is 18.0 Å². The van der Waals surface area contributed by atoms with E-state index < -0.39 is 28.5 Å². The Morgan fingerprint density at radius 1 is 0.927 bits per heavy atom. The van der Waals surface area contributed by atoms with Crippen LogP contribution in [0.2, 0.25) is 0 Å². The van der Waals surface area contributed by atoms with Gasteiger partial charge in [0.15, 0.2) is 0 Å². The second kappa shape index (κ2) is 13.7. The van der Waals surface area contributed by atoms with Gasteiger partial charge in [-0.05, 0) is 88.1 Å². The van der Waals surface area contributed by atoms with Crippen molar-refractivity contribution in [3.05, 3.63) is 89.0 Å². The molecule has 9 heteroatoms. The Labute approximate surface area is 244 Å². The third kappa shape index (κ3) is 7.67. The predicted molar refractivity (Wildman–Crippen MR) is 163 cm³/mol. The lowest BCUT2D eigenvalue weighted by Gasteiger charge is -2.34. The third-order valence-corrected chi connectivity index (χ3v) is 8.84. The summed E-state index contributed by atoms with van der Waals surface area (Å²) < 4.78 is 34.6. The summed E-state index contributed by atoms with van der Waals surface area (Å²) >= 11 is 0. The van der Waals surface area contributed by atoms with Crippen molar-refractivity contribution in [1.29, 1.82) is 0 Å². The number of hydrogen-bond acceptors (Lipinski definition) is 5. The van der Waals surface area contributed by atoms with Crippen molar-refractivity contribution in [1.82, 2.24) is 10.2 Å². The van der Waals surface area contributed by atoms with Crippen molar-refractivity contribution in [3.8, 4) is 5.75 Å². The average molecular weight is 580 g/mol. The topological polar surface area (TPSA) is 96.0 Å². The van der Waals surface area contributed by atoms with Crippen molar-refractivity contribution in [3.63, 3.8) is 0 Å². The molecule has 3 aromatic rings. The average Bonchev–Trinajstić information content (AvgIpc) is 2.93. The largest absolute Gasteiger partial charge is 0.497 e. The Morgan fingerprint density at radius 3 is 2.12 bits per heavy atom. The molecular formula is C32H41N3O5S. The van der Waals surface area contributed by atoms with Gasteiger partial charge in [0.1, 0.15) is 18.3 Å². The minimum atomic E-state index is -4.12. The van der Waals surface area contributed by atoms with E-state index in [0.717, 1.165) is 26.6 Å². The van der Waals surface area contributed by atoms with Crippen molar-refractivity contribution >= 4 is 27.5 Å². The lowest BCUT2D eigenvalue weighted by molar-refractivity contribution is -0.140. The zero-order valence-corrected chi connectivity index (χ0v) is 25.8. The fraction of sp³-hybridized carbons (Fsp3) is 0.375. The lowest BCUT2D eigenvalue weighted by Crippen LogP contribution is -2.53. The molecule has 0 aliphatic carbocycles. The number of sulfonamides is 1. The van der Waals surface area contributed by atoms with Gasteiger partial charge in [-0.3, -0.25) is 13.9 Å². The number of amides is 2. The van der Waals surface area contributed by atoms with Crippen LogP contribution in [0, 0.1) is 20.8 Å². The van der Waals surface area contributed by atoms with Crippen LogP contribution in [0.5, 0.6) is 5.75 Å². The van der Waals surface area contributed by atoms with E-state index in [4.69, 9.17) is 4.74 Å². The number of carbonyl (C=O) groups excluding carboxylic acids is 2. The van der Waals surface area contributed by atoms with E-state index in [0.29, 0.717) is 17.9 Å². The molecule has 1 N–H and O–H groups in total. The maximum Gasteiger partial charge on any atom is 0.264 e. The molecule has 0 bridgehead atoms. The first-order valence-electron chi connectivity index (χ1n) is 13.8. The lowest BCUT2D eigenvalue weighted by atomic mass is 10.1. The highest BCUT2D eigenvalue weighted by Gasteiger charge is 2.34. The van der Waals surface area contributed by atoms with Gasteiger partial charge in [-0.1, -0.05) is 48.9 Å². The first-order chi connectivity index (χ1) is 19.4. The van der Waals surface area contributed by atoms with Crippen LogP contribution in [0.15, 0.2) is 71.6 Å². The Hall–Kier alpha value is -3.85. The first kappa shape index (κ1) is 31.7. The number of rotatable bonds is 12. The number of anilines is 1. The standard InChI is InChI=1S/C32H41N3O5S/c1-8-29(32(37)33-22(2)3)34(20-26-14-16-27(40-7)17-15-26)31(36)21-35(30-11-9-10-24(5)25(30)6)41(38,39)28-18-12-23(4)13-19-28/h9-19,22,29H,8,20-21H2,1-7H3,(H,33,37)/t29-/m1/s1. The number of hydrogen-bond donors (Lipinski definition) is 1. The number of nitrogens with zero attached hydrogens (tertiary/aromatic N) is 2. The highest BCUT2D eigenvalue weighted by atomic mass is 32.2. The summed E-state index contributed by atoms with van der Waals surface area (Å²) in [4.78, 5) is 29.0. The second-order valence-corrected chi connectivity index (χ2v) is 12.4. The number of carbonyl (C=O) groups is 2. The third-order valence-electron chi connectivity index (χ3n) is 7.06. The molecule has 8 nitrogen and oxygen atoms in total. The Bertz CT molecular complexity index is 1450. The van der Waals surface area contributed by atoms with Crippen LogP contribution in [-0.2, 0) is 26.2 Å². The van der Waals surface area contributed by atoms with E-state index in [1.54, 1.807) is 55.6 Å². The summed E-state index contributed by atoms with van der Waals surface area (Å²) in [7, 11) is -2.55. The molecule has 41 heavy (non-hydrogen) atoms. The van der Waals surface area contributed by atoms with Gasteiger partial charge in [-0.15, -0.1) is 0 Å². The summed E-state index contributed by atoms with van der Waals surface area (Å²) in [6.07, 6.45) is 0.356. The van der Waals surface area contributed by atoms with E-state index in [2.05, 4.69) is 5.32 Å². The number of aryl methyl sites for hydroxylation is 2. The molecule has 0 aliphatic heterocycles. The molecule has 3 rings (SSSR count). The van der Waals surface area contributed by atoms with E-state index in [1.165, 1.54) is 4.90 Å². The van der Waals surface area contributed by atoms with Crippen molar-refractivity contribution in [2.24, 2.45) is 0 Å². The molecular weight excluding hydrogens is 538 g/mol. The summed E-state index contributed by atoms with van der Waals surface area (Å²) in [6, 6.07) is 18.3. The molecule has 0 heterocycles. The van der Waals surface area contributed by atoms with Crippen molar-refractivity contribution in [2.75, 3.05) is 18.0 Å². The Balaban J connectivity index is 2.10. The first-order valence-corrected chi connectivity index (χ1v) is 15.2. The molecule has 0 unspecified atom stereocenters. The van der Waals surface area contributed by atoms with Gasteiger partial charge < -0.3 is 15.0 Å². The van der Waals surface area contributed by atoms with Crippen LogP contribution in [0.4, 0.5) is 5.69 Å². The fourth-order valence-electron chi connectivity index (χ4n) is 4.58. The van der Waals surface area contributed by atoms with Crippen LogP contribution in [0.25, 0.3) is 0 Å². The molecule has 0 aliphatic rings. The normalized spacial score (nSPS) is 12.1. The number of nitrogens with one attached hydrogen (secondary N) is 1. The van der Waals surface area contributed by atoms with Gasteiger partial charge in [0.05, 0.1) is 17.7 Å². The molecule has 2 amide bonds. The summed E-state index contributed by atoms with van der Waals surface area (Å²) in [5.41, 5.74) is 3.78. The number of methoxy groups -OCH3 is 1. The van der Waals surface area contributed by atoms with Crippen LogP contribution in [0.1, 0.15) is 49.4 Å². The maximum absolute atomic E-state index is 14.2. The molecule has 220 valence electrons. The van der Waals surface area contributed by atoms with Crippen molar-refractivity contribution < 1.29 is 22.7 Å². The van der Waals surface area contributed by atoms with Crippen LogP contribution >= 0.6 is 0 Å². The molecule has 0 saturated carbocycles. The van der Waals surface area contributed by atoms with E-state index in [1.807, 2.05) is 59.7 Å². The predicted octanol–water partition coefficient (Wildman–Crippen LogP) is 5.15. The molecule has 3 aromatic carbocycles. The fourth-order valence-corrected chi connectivity index (χ4v) is 6.06. The maximum atomic E-state index is 14.2. The molecule has 0 saturated heterocycles. The second-order valence-electron chi connectivity index (χ2n) is 10.5. The smallest absolute Gasteiger partial charge is 0.264 e. The number of ether oxygens (including phenoxy) is 1. The zero-order valence-electron chi connectivity index (χ0n) is 25.0. The van der Waals surface area contributed by atoms with E-state index >= 15 is 0 Å². The van der Waals surface area contributed by atoms with E-state index in [-0.39, 0.29) is 23.4 Å². The van der Waals surface area contributed by atoms with Crippen molar-refractivity contribution in [2.45, 2.75) is 71.5 Å². The minimum absolute atomic E-state index is 0.0862. The van der Waals surface area contributed by atoms with Crippen LogP contribution in [-0.4, -0.2) is 50.9 Å². The van der Waals surface area contributed by atoms with Gasteiger partial charge in [0.25, 0.3) is 10.0 Å². The van der Waals surface area contributed by atoms with Gasteiger partial charge in [-0.2, -0.15) is 0 Å². The van der Waals surface area contributed by atoms with Gasteiger partial charge in [0.2, 0.25) is 11.8 Å². The molecule has 0 fully saturated rings. The quantitative estimate of drug-likeness (QED) is 0.320. The highest BCUT2D eigenvalue weighted by Crippen LogP contribution is 2.29. The van der Waals surface area contributed by atoms with Gasteiger partial charge in [-0.25, -0.2) is 8.42 Å². The molecule has 0 aromatic heterocycles. The molecule has 0 spiro atoms. The Morgan fingerprint density at radius 2 is 1.56 bits per heavy atom. The summed E-state index contributed by atoms with van der Waals surface area (Å²) in [5, 5.41) is 2.91. The summed E-state index contributed by atoms with van der Waals surface area (Å²) in [5.74, 6) is -0.103. The zero-order chi connectivity index (χ0) is 30.3. The van der Waals surface area contributed by atoms with Crippen LogP contribution < -0.4 is 14.4 Å². The van der Waals surface area contributed by atoms with Gasteiger partial charge in [0, 0.05) is 12.6 Å². The summed E-state index contributed by atoms with van der Waals surface area (Å²) in [6.45, 7) is 10.8. The SMILES string of the molecule is CC[C@H](C(=O)NC(C)C)N(Cc1ccc(OC)cc1)C(=O)CN(c1cccc(C)c1C)S(=O)(=O)c1ccc(C)cc1. The number of benzene rings is 3.